The number of aromatic hydroxyl groups is 2. The van der Waals surface area contributed by atoms with E-state index in [2.05, 4.69) is 4.99 Å². The number of phenolic OH excluding ortho intramolecular Hbond substituents is 2. The molecule has 0 aliphatic rings. The zero-order valence-electron chi connectivity index (χ0n) is 8.40. The van der Waals surface area contributed by atoms with Crippen molar-refractivity contribution in [3.05, 3.63) is 17.7 Å². The van der Waals surface area contributed by atoms with Crippen LogP contribution in [-0.2, 0) is 0 Å². The summed E-state index contributed by atoms with van der Waals surface area (Å²) in [6, 6.07) is 2.69. The summed E-state index contributed by atoms with van der Waals surface area (Å²) in [5.74, 6) is 0.336. The van der Waals surface area contributed by atoms with Gasteiger partial charge in [0.25, 0.3) is 0 Å². The molecule has 0 fully saturated rings. The highest BCUT2D eigenvalue weighted by Gasteiger charge is 2.12. The van der Waals surface area contributed by atoms with E-state index in [4.69, 9.17) is 4.74 Å². The van der Waals surface area contributed by atoms with E-state index in [-0.39, 0.29) is 11.5 Å². The van der Waals surface area contributed by atoms with Crippen LogP contribution in [0.15, 0.2) is 17.1 Å². The minimum Gasteiger partial charge on any atom is -0.508 e. The SMILES string of the molecule is C/N=C(\C)c1c(O)cc(O)cc1OC. The van der Waals surface area contributed by atoms with E-state index in [9.17, 15) is 10.2 Å². The van der Waals surface area contributed by atoms with Crippen molar-refractivity contribution in [2.45, 2.75) is 6.92 Å². The Hall–Kier alpha value is -1.71. The van der Waals surface area contributed by atoms with Crippen molar-refractivity contribution in [3.63, 3.8) is 0 Å². The predicted octanol–water partition coefficient (Wildman–Crippen LogP) is 1.55. The third-order valence-corrected chi connectivity index (χ3v) is 1.98. The molecule has 0 amide bonds. The molecule has 0 aliphatic heterocycles. The second kappa shape index (κ2) is 4.00. The molecule has 4 nitrogen and oxygen atoms in total. The van der Waals surface area contributed by atoms with Crippen LogP contribution < -0.4 is 4.74 Å². The first-order valence-corrected chi connectivity index (χ1v) is 4.14. The molecule has 0 aliphatic carbocycles. The van der Waals surface area contributed by atoms with Gasteiger partial charge in [-0.25, -0.2) is 0 Å². The van der Waals surface area contributed by atoms with Crippen molar-refractivity contribution in [1.82, 2.24) is 0 Å². The van der Waals surface area contributed by atoms with Gasteiger partial charge in [0, 0.05) is 24.9 Å². The third kappa shape index (κ3) is 1.79. The lowest BCUT2D eigenvalue weighted by Crippen LogP contribution is -1.99. The van der Waals surface area contributed by atoms with Gasteiger partial charge in [0.15, 0.2) is 0 Å². The molecule has 1 rings (SSSR count). The standard InChI is InChI=1S/C10H13NO3/c1-6(11-2)10-8(13)4-7(12)5-9(10)14-3/h4-5,12-13H,1-3H3/b11-6+. The summed E-state index contributed by atoms with van der Waals surface area (Å²) in [6.07, 6.45) is 0. The van der Waals surface area contributed by atoms with Crippen LogP contribution in [0.3, 0.4) is 0 Å². The van der Waals surface area contributed by atoms with Crippen molar-refractivity contribution in [2.75, 3.05) is 14.2 Å². The van der Waals surface area contributed by atoms with Crippen molar-refractivity contribution < 1.29 is 14.9 Å². The summed E-state index contributed by atoms with van der Waals surface area (Å²) in [7, 11) is 3.10. The number of hydrogen-bond acceptors (Lipinski definition) is 4. The van der Waals surface area contributed by atoms with Crippen molar-refractivity contribution >= 4 is 5.71 Å². The second-order valence-electron chi connectivity index (χ2n) is 2.85. The van der Waals surface area contributed by atoms with Crippen LogP contribution in [0.1, 0.15) is 12.5 Å². The minimum absolute atomic E-state index is 0.0352. The molecule has 1 aromatic rings. The fourth-order valence-electron chi connectivity index (χ4n) is 1.22. The van der Waals surface area contributed by atoms with Gasteiger partial charge in [-0.1, -0.05) is 0 Å². The van der Waals surface area contributed by atoms with Gasteiger partial charge >= 0.3 is 0 Å². The quantitative estimate of drug-likeness (QED) is 0.704. The minimum atomic E-state index is -0.0371. The smallest absolute Gasteiger partial charge is 0.135 e. The Bertz CT molecular complexity index is 372. The largest absolute Gasteiger partial charge is 0.508 e. The molecule has 0 atom stereocenters. The lowest BCUT2D eigenvalue weighted by molar-refractivity contribution is 0.396. The zero-order valence-corrected chi connectivity index (χ0v) is 8.40. The summed E-state index contributed by atoms with van der Waals surface area (Å²) in [5, 5.41) is 18.8. The fraction of sp³-hybridized carbons (Fsp3) is 0.300. The van der Waals surface area contributed by atoms with E-state index in [1.807, 2.05) is 0 Å². The first-order chi connectivity index (χ1) is 6.60. The zero-order chi connectivity index (χ0) is 10.7. The van der Waals surface area contributed by atoms with Gasteiger partial charge in [0.1, 0.15) is 17.2 Å². The number of nitrogens with zero attached hydrogens (tertiary/aromatic N) is 1. The van der Waals surface area contributed by atoms with Crippen molar-refractivity contribution in [1.29, 1.82) is 0 Å². The lowest BCUT2D eigenvalue weighted by Gasteiger charge is -2.10. The van der Waals surface area contributed by atoms with Gasteiger partial charge < -0.3 is 14.9 Å². The summed E-state index contributed by atoms with van der Waals surface area (Å²) >= 11 is 0. The Balaban J connectivity index is 3.40. The van der Waals surface area contributed by atoms with Gasteiger partial charge in [-0.15, -0.1) is 0 Å². The maximum Gasteiger partial charge on any atom is 0.135 e. The maximum absolute atomic E-state index is 9.58. The summed E-state index contributed by atoms with van der Waals surface area (Å²) in [5.41, 5.74) is 1.16. The molecule has 4 heteroatoms. The summed E-state index contributed by atoms with van der Waals surface area (Å²) in [6.45, 7) is 1.76. The molecule has 0 bridgehead atoms. The Labute approximate surface area is 82.5 Å². The Morgan fingerprint density at radius 3 is 2.50 bits per heavy atom. The average molecular weight is 195 g/mol. The van der Waals surface area contributed by atoms with Gasteiger partial charge in [0.05, 0.1) is 12.7 Å². The molecule has 0 saturated heterocycles. The molecule has 0 heterocycles. The molecule has 0 radical (unpaired) electrons. The Morgan fingerprint density at radius 1 is 1.36 bits per heavy atom. The second-order valence-corrected chi connectivity index (χ2v) is 2.85. The molecule has 2 N–H and O–H groups in total. The van der Waals surface area contributed by atoms with E-state index >= 15 is 0 Å². The molecule has 76 valence electrons. The van der Waals surface area contributed by atoms with Crippen LogP contribution in [0.25, 0.3) is 0 Å². The highest BCUT2D eigenvalue weighted by atomic mass is 16.5. The number of rotatable bonds is 2. The molecule has 0 unspecified atom stereocenters. The van der Waals surface area contributed by atoms with Gasteiger partial charge in [-0.3, -0.25) is 4.99 Å². The first kappa shape index (κ1) is 10.4. The average Bonchev–Trinajstić information content (AvgIpc) is 2.15. The molecule has 0 aromatic heterocycles. The number of methoxy groups -OCH3 is 1. The third-order valence-electron chi connectivity index (χ3n) is 1.98. The Morgan fingerprint density at radius 2 is 2.00 bits per heavy atom. The normalized spacial score (nSPS) is 11.5. The molecule has 0 spiro atoms. The van der Waals surface area contributed by atoms with Gasteiger partial charge in [0.2, 0.25) is 0 Å². The lowest BCUT2D eigenvalue weighted by atomic mass is 10.1. The van der Waals surface area contributed by atoms with E-state index in [0.29, 0.717) is 17.0 Å². The van der Waals surface area contributed by atoms with E-state index in [0.717, 1.165) is 0 Å². The van der Waals surface area contributed by atoms with Crippen LogP contribution >= 0.6 is 0 Å². The number of benzene rings is 1. The van der Waals surface area contributed by atoms with Crippen LogP contribution in [0.5, 0.6) is 17.2 Å². The number of hydrogen-bond donors (Lipinski definition) is 2. The van der Waals surface area contributed by atoms with Crippen molar-refractivity contribution in [3.8, 4) is 17.2 Å². The maximum atomic E-state index is 9.58. The predicted molar refractivity (Wildman–Crippen MR) is 54.5 cm³/mol. The summed E-state index contributed by atoms with van der Waals surface area (Å²) in [4.78, 5) is 3.95. The Kier molecular flexibility index (Phi) is 2.96. The number of ether oxygens (including phenoxy) is 1. The van der Waals surface area contributed by atoms with Crippen LogP contribution in [0.4, 0.5) is 0 Å². The van der Waals surface area contributed by atoms with Crippen molar-refractivity contribution in [2.24, 2.45) is 4.99 Å². The highest BCUT2D eigenvalue weighted by molar-refractivity contribution is 6.03. The van der Waals surface area contributed by atoms with E-state index in [1.54, 1.807) is 14.0 Å². The van der Waals surface area contributed by atoms with Crippen LogP contribution in [-0.4, -0.2) is 30.1 Å². The first-order valence-electron chi connectivity index (χ1n) is 4.14. The van der Waals surface area contributed by atoms with Gasteiger partial charge in [-0.05, 0) is 6.92 Å². The van der Waals surface area contributed by atoms with Gasteiger partial charge in [-0.2, -0.15) is 0 Å². The fourth-order valence-corrected chi connectivity index (χ4v) is 1.22. The summed E-state index contributed by atoms with van der Waals surface area (Å²) < 4.78 is 5.03. The van der Waals surface area contributed by atoms with Crippen LogP contribution in [0.2, 0.25) is 0 Å². The molecular weight excluding hydrogens is 182 g/mol. The molecular formula is C10H13NO3. The topological polar surface area (TPSA) is 62.1 Å². The molecule has 0 saturated carbocycles. The number of phenols is 2. The number of aliphatic imine (C=N–C) groups is 1. The molecule has 14 heavy (non-hydrogen) atoms. The monoisotopic (exact) mass is 195 g/mol. The van der Waals surface area contributed by atoms with E-state index in [1.165, 1.54) is 19.2 Å². The van der Waals surface area contributed by atoms with Crippen LogP contribution in [0, 0.1) is 0 Å². The molecule has 1 aromatic carbocycles. The highest BCUT2D eigenvalue weighted by Crippen LogP contribution is 2.32. The van der Waals surface area contributed by atoms with E-state index < -0.39 is 0 Å².